The van der Waals surface area contributed by atoms with Crippen LogP contribution in [0.4, 0.5) is 0 Å². The van der Waals surface area contributed by atoms with Gasteiger partial charge in [-0.15, -0.1) is 0 Å². The predicted molar refractivity (Wildman–Crippen MR) is 170 cm³/mol. The largest absolute Gasteiger partial charge is 0.494 e. The Morgan fingerprint density at radius 2 is 1.73 bits per heavy atom. The van der Waals surface area contributed by atoms with Gasteiger partial charge in [-0.25, -0.2) is 8.42 Å². The van der Waals surface area contributed by atoms with E-state index in [0.29, 0.717) is 47.3 Å². The van der Waals surface area contributed by atoms with Crippen LogP contribution in [0.1, 0.15) is 63.1 Å². The highest BCUT2D eigenvalue weighted by Gasteiger charge is 2.77. The van der Waals surface area contributed by atoms with Gasteiger partial charge in [0.2, 0.25) is 0 Å². The Hall–Kier alpha value is -3.59. The van der Waals surface area contributed by atoms with Crippen LogP contribution >= 0.6 is 0 Å². The first-order valence-corrected chi connectivity index (χ1v) is 17.0. The molecular weight excluding hydrogens is 576 g/mol. The summed E-state index contributed by atoms with van der Waals surface area (Å²) in [5.41, 5.74) is -0.842. The molecule has 0 spiro atoms. The van der Waals surface area contributed by atoms with Gasteiger partial charge in [-0.2, -0.15) is 0 Å². The Bertz CT molecular complexity index is 1730. The van der Waals surface area contributed by atoms with Crippen LogP contribution in [-0.4, -0.2) is 49.3 Å². The smallest absolute Gasteiger partial charge is 0.178 e. The van der Waals surface area contributed by atoms with E-state index in [1.807, 2.05) is 56.3 Å². The first kappa shape index (κ1) is 30.4. The number of aliphatic hydroxyl groups is 2. The van der Waals surface area contributed by atoms with Crippen molar-refractivity contribution >= 4 is 15.4 Å². The third-order valence-corrected chi connectivity index (χ3v) is 11.4. The molecule has 7 nitrogen and oxygen atoms in total. The second-order valence-electron chi connectivity index (χ2n) is 12.0. The molecule has 3 aromatic carbocycles. The lowest BCUT2D eigenvalue weighted by atomic mass is 9.57. The molecule has 1 heterocycles. The zero-order chi connectivity index (χ0) is 31.3. The second-order valence-corrected chi connectivity index (χ2v) is 14.3. The quantitative estimate of drug-likeness (QED) is 0.295. The summed E-state index contributed by atoms with van der Waals surface area (Å²) in [5.74, 6) is 1.08. The number of allylic oxidation sites excluding steroid dienone is 3. The maximum Gasteiger partial charge on any atom is 0.178 e. The number of benzene rings is 3. The lowest BCUT2D eigenvalue weighted by Gasteiger charge is -2.51. The third kappa shape index (κ3) is 4.41. The molecule has 0 bridgehead atoms. The van der Waals surface area contributed by atoms with Gasteiger partial charge in [0, 0.05) is 23.5 Å². The molecule has 2 unspecified atom stereocenters. The van der Waals surface area contributed by atoms with Gasteiger partial charge in [0.15, 0.2) is 21.0 Å². The van der Waals surface area contributed by atoms with Gasteiger partial charge in [0.05, 0.1) is 35.5 Å². The average molecular weight is 617 g/mol. The van der Waals surface area contributed by atoms with Crippen molar-refractivity contribution in [1.29, 1.82) is 0 Å². The molecule has 8 heteroatoms. The fourth-order valence-corrected chi connectivity index (χ4v) is 8.48. The monoisotopic (exact) mass is 616 g/mol. The van der Waals surface area contributed by atoms with Crippen molar-refractivity contribution in [3.05, 3.63) is 102 Å². The van der Waals surface area contributed by atoms with Crippen molar-refractivity contribution < 1.29 is 32.8 Å². The number of ether oxygens (including phenoxy) is 3. The molecule has 3 aromatic rings. The minimum Gasteiger partial charge on any atom is -0.494 e. The van der Waals surface area contributed by atoms with Crippen molar-refractivity contribution in [2.45, 2.75) is 68.7 Å². The summed E-state index contributed by atoms with van der Waals surface area (Å²) < 4.78 is 44.2. The Morgan fingerprint density at radius 3 is 2.39 bits per heavy atom. The maximum atomic E-state index is 13.0. The van der Waals surface area contributed by atoms with Gasteiger partial charge >= 0.3 is 0 Å². The van der Waals surface area contributed by atoms with Crippen LogP contribution in [0.15, 0.2) is 89.9 Å². The number of sulfone groups is 1. The predicted octanol–water partition coefficient (Wildman–Crippen LogP) is 6.19. The molecule has 1 saturated carbocycles. The van der Waals surface area contributed by atoms with E-state index in [9.17, 15) is 18.6 Å². The van der Waals surface area contributed by atoms with Crippen molar-refractivity contribution in [3.8, 4) is 17.2 Å². The number of hydrogen-bond acceptors (Lipinski definition) is 7. The highest BCUT2D eigenvalue weighted by Crippen LogP contribution is 2.71. The van der Waals surface area contributed by atoms with E-state index >= 15 is 0 Å². The summed E-state index contributed by atoms with van der Waals surface area (Å²) in [7, 11) is -3.36. The van der Waals surface area contributed by atoms with Crippen LogP contribution in [0.25, 0.3) is 5.57 Å². The minimum absolute atomic E-state index is 0.0281. The van der Waals surface area contributed by atoms with E-state index < -0.39 is 32.6 Å². The van der Waals surface area contributed by atoms with Crippen LogP contribution < -0.4 is 14.2 Å². The molecular formula is C36H40O7S. The SMILES string of the molecule is CCOc1cc(OCC)c2c(c1)O[C@@]1(C3(C)C=CC(c4cccc(S(=O)(=O)CC)c4)=CC3)[C@H](c3ccccc3)C[C@@H](O)C21O. The maximum absolute atomic E-state index is 13.0. The molecule has 0 amide bonds. The molecule has 0 aromatic heterocycles. The standard InChI is InChI=1S/C36H40O7S/c1-5-41-27-21-30(42-6-2)33-31(22-27)43-36(29(23-32(37)35(33,36)38)25-12-9-8-10-13-25)34(4)18-16-24(17-19-34)26-14-11-15-28(20-26)44(39,40)7-3/h8-18,20-22,29,32,37-38H,5-7,19,23H2,1-4H3/t29-,32+,34?,35?,36+/m0/s1. The van der Waals surface area contributed by atoms with E-state index in [4.69, 9.17) is 14.2 Å². The van der Waals surface area contributed by atoms with Gasteiger partial charge in [-0.3, -0.25) is 0 Å². The lowest BCUT2D eigenvalue weighted by Crippen LogP contribution is -2.63. The molecule has 6 rings (SSSR count). The average Bonchev–Trinajstić information content (AvgIpc) is 3.43. The topological polar surface area (TPSA) is 102 Å². The summed E-state index contributed by atoms with van der Waals surface area (Å²) in [4.78, 5) is 0.291. The Morgan fingerprint density at radius 1 is 0.977 bits per heavy atom. The third-order valence-electron chi connectivity index (χ3n) is 9.63. The molecule has 5 atom stereocenters. The van der Waals surface area contributed by atoms with Crippen LogP contribution in [0.5, 0.6) is 17.2 Å². The van der Waals surface area contributed by atoms with E-state index in [1.54, 1.807) is 37.3 Å². The normalized spacial score (nSPS) is 29.0. The van der Waals surface area contributed by atoms with E-state index in [2.05, 4.69) is 19.1 Å². The van der Waals surface area contributed by atoms with Gasteiger partial charge in [-0.1, -0.05) is 74.5 Å². The first-order valence-electron chi connectivity index (χ1n) is 15.4. The zero-order valence-corrected chi connectivity index (χ0v) is 26.4. The summed E-state index contributed by atoms with van der Waals surface area (Å²) in [5, 5.41) is 24.9. The molecule has 1 fully saturated rings. The number of fused-ring (bicyclic) bond motifs is 3. The van der Waals surface area contributed by atoms with Gasteiger partial charge in [-0.05, 0) is 55.5 Å². The summed E-state index contributed by atoms with van der Waals surface area (Å²) >= 11 is 0. The van der Waals surface area contributed by atoms with E-state index in [0.717, 1.165) is 16.7 Å². The first-order chi connectivity index (χ1) is 21.0. The molecule has 2 N–H and O–H groups in total. The fourth-order valence-electron chi connectivity index (χ4n) is 7.55. The highest BCUT2D eigenvalue weighted by molar-refractivity contribution is 7.91. The van der Waals surface area contributed by atoms with Gasteiger partial charge < -0.3 is 24.4 Å². The Balaban J connectivity index is 1.51. The van der Waals surface area contributed by atoms with Crippen LogP contribution in [0.3, 0.4) is 0 Å². The van der Waals surface area contributed by atoms with Crippen molar-refractivity contribution in [2.24, 2.45) is 5.41 Å². The highest BCUT2D eigenvalue weighted by atomic mass is 32.2. The van der Waals surface area contributed by atoms with Crippen molar-refractivity contribution in [3.63, 3.8) is 0 Å². The Kier molecular flexibility index (Phi) is 7.67. The van der Waals surface area contributed by atoms with E-state index in [-0.39, 0.29) is 18.1 Å². The Labute approximate surface area is 259 Å². The van der Waals surface area contributed by atoms with Crippen LogP contribution in [-0.2, 0) is 15.4 Å². The molecule has 1 aliphatic heterocycles. The van der Waals surface area contributed by atoms with E-state index in [1.165, 1.54) is 0 Å². The molecule has 0 radical (unpaired) electrons. The molecule has 3 aliphatic rings. The van der Waals surface area contributed by atoms with Gasteiger partial charge in [0.25, 0.3) is 0 Å². The molecule has 44 heavy (non-hydrogen) atoms. The number of rotatable bonds is 9. The van der Waals surface area contributed by atoms with Crippen molar-refractivity contribution in [1.82, 2.24) is 0 Å². The van der Waals surface area contributed by atoms with Gasteiger partial charge in [0.1, 0.15) is 17.2 Å². The number of aliphatic hydroxyl groups excluding tert-OH is 1. The van der Waals surface area contributed by atoms with Crippen LogP contribution in [0, 0.1) is 5.41 Å². The van der Waals surface area contributed by atoms with Crippen molar-refractivity contribution in [2.75, 3.05) is 19.0 Å². The zero-order valence-electron chi connectivity index (χ0n) is 25.6. The molecule has 0 saturated heterocycles. The summed E-state index contributed by atoms with van der Waals surface area (Å²) in [6.07, 6.45) is 5.72. The second kappa shape index (κ2) is 11.1. The summed E-state index contributed by atoms with van der Waals surface area (Å²) in [6, 6.07) is 20.5. The molecule has 232 valence electrons. The fraction of sp³-hybridized carbons (Fsp3) is 0.389. The lowest BCUT2D eigenvalue weighted by molar-refractivity contribution is -0.184. The molecule has 2 aliphatic carbocycles. The van der Waals surface area contributed by atoms with Crippen LogP contribution in [0.2, 0.25) is 0 Å². The number of hydrogen-bond donors (Lipinski definition) is 2. The minimum atomic E-state index is -3.36. The summed E-state index contributed by atoms with van der Waals surface area (Å²) in [6.45, 7) is 8.29.